The van der Waals surface area contributed by atoms with Gasteiger partial charge in [0.15, 0.2) is 0 Å². The predicted octanol–water partition coefficient (Wildman–Crippen LogP) is 5.68. The minimum atomic E-state index is -0.682. The van der Waals surface area contributed by atoms with Crippen LogP contribution in [0.5, 0.6) is 0 Å². The fourth-order valence-corrected chi connectivity index (χ4v) is 15.1. The number of halogens is 1. The molecule has 6 aliphatic rings. The summed E-state index contributed by atoms with van der Waals surface area (Å²) in [5.41, 5.74) is 5.66. The first kappa shape index (κ1) is 45.5. The molecule has 308 valence electrons. The molecule has 17 heteroatoms. The Morgan fingerprint density at radius 1 is 0.685 bits per heavy atom. The molecular formula is C37H61ClN4O8S4. The summed E-state index contributed by atoms with van der Waals surface area (Å²) < 4.78 is 15.2. The van der Waals surface area contributed by atoms with Crippen molar-refractivity contribution in [3.05, 3.63) is 0 Å². The molecule has 12 nitrogen and oxygen atoms in total. The fraction of sp³-hybridized carbons (Fsp3) is 0.865. The summed E-state index contributed by atoms with van der Waals surface area (Å²) in [6, 6.07) is -2.24. The minimum absolute atomic E-state index is 0. The van der Waals surface area contributed by atoms with Gasteiger partial charge in [-0.25, -0.2) is 14.4 Å². The van der Waals surface area contributed by atoms with Gasteiger partial charge in [0.05, 0.1) is 28.4 Å². The fourth-order valence-electron chi connectivity index (χ4n) is 8.59. The van der Waals surface area contributed by atoms with E-state index in [1.54, 1.807) is 30.6 Å². The van der Waals surface area contributed by atoms with E-state index < -0.39 is 35.9 Å². The van der Waals surface area contributed by atoms with Gasteiger partial charge in [0.25, 0.3) is 0 Å². The molecule has 6 fully saturated rings. The topological polar surface area (TPSA) is 158 Å². The number of amides is 3. The van der Waals surface area contributed by atoms with E-state index in [0.29, 0.717) is 25.9 Å². The molecule has 4 saturated heterocycles. The van der Waals surface area contributed by atoms with Crippen molar-refractivity contribution in [1.29, 1.82) is 0 Å². The number of carbonyl (C=O) groups is 5. The maximum atomic E-state index is 13.7. The molecule has 0 radical (unpaired) electrons. The summed E-state index contributed by atoms with van der Waals surface area (Å²) in [6.07, 6.45) is 11.3. The zero-order chi connectivity index (χ0) is 38.4. The molecule has 2 saturated carbocycles. The van der Waals surface area contributed by atoms with Crippen molar-refractivity contribution in [2.24, 2.45) is 17.6 Å². The van der Waals surface area contributed by atoms with E-state index in [9.17, 15) is 24.0 Å². The summed E-state index contributed by atoms with van der Waals surface area (Å²) in [5.74, 6) is 3.57. The number of carbonyl (C=O) groups excluding carboxylic acids is 5. The Hall–Kier alpha value is -1.20. The summed E-state index contributed by atoms with van der Waals surface area (Å²) in [7, 11) is 2.76. The highest BCUT2D eigenvalue weighted by atomic mass is 35.5. The SMILES string of the molecule is COC(=O)[C@@H]1CC2(CN1C(=O)C(N)C1CCCCC1)SCCS2.COC(=O)[C@@H]1CC2(CN1C(=O)C(NC(=O)OC(C)(C)C)C1CCCCC1)SCCS2.Cl. The molecule has 6 rings (SSSR count). The zero-order valence-electron chi connectivity index (χ0n) is 32.5. The van der Waals surface area contributed by atoms with Gasteiger partial charge in [-0.2, -0.15) is 0 Å². The first-order valence-electron chi connectivity index (χ1n) is 19.3. The molecule has 4 atom stereocenters. The quantitative estimate of drug-likeness (QED) is 0.239. The Bertz CT molecular complexity index is 1320. The van der Waals surface area contributed by atoms with Crippen molar-refractivity contribution in [2.75, 3.05) is 50.3 Å². The normalized spacial score (nSPS) is 26.3. The van der Waals surface area contributed by atoms with Crippen LogP contribution >= 0.6 is 59.5 Å². The molecule has 0 aromatic rings. The average Bonchev–Trinajstić information content (AvgIpc) is 3.97. The van der Waals surface area contributed by atoms with E-state index in [1.807, 2.05) is 47.0 Å². The Labute approximate surface area is 344 Å². The minimum Gasteiger partial charge on any atom is -0.467 e. The number of likely N-dealkylation sites (tertiary alicyclic amines) is 2. The van der Waals surface area contributed by atoms with E-state index >= 15 is 0 Å². The average molecular weight is 854 g/mol. The molecule has 2 spiro atoms. The van der Waals surface area contributed by atoms with Gasteiger partial charge in [0.2, 0.25) is 11.8 Å². The number of nitrogens with one attached hydrogen (secondary N) is 1. The van der Waals surface area contributed by atoms with Crippen molar-refractivity contribution in [3.8, 4) is 0 Å². The molecule has 0 aromatic carbocycles. The van der Waals surface area contributed by atoms with Crippen LogP contribution in [0.25, 0.3) is 0 Å². The second kappa shape index (κ2) is 20.0. The van der Waals surface area contributed by atoms with Crippen LogP contribution in [0.3, 0.4) is 0 Å². The summed E-state index contributed by atoms with van der Waals surface area (Å²) in [6.45, 7) is 6.52. The molecule has 54 heavy (non-hydrogen) atoms. The Kier molecular flexibility index (Phi) is 16.8. The second-order valence-corrected chi connectivity index (χ2v) is 22.5. The molecule has 2 unspecified atom stereocenters. The van der Waals surface area contributed by atoms with E-state index in [-0.39, 0.29) is 56.2 Å². The molecule has 3 N–H and O–H groups in total. The van der Waals surface area contributed by atoms with E-state index in [1.165, 1.54) is 20.6 Å². The van der Waals surface area contributed by atoms with E-state index in [4.69, 9.17) is 19.9 Å². The lowest BCUT2D eigenvalue weighted by Gasteiger charge is -2.34. The number of methoxy groups -OCH3 is 2. The lowest BCUT2D eigenvalue weighted by Crippen LogP contribution is -2.55. The van der Waals surface area contributed by atoms with Crippen molar-refractivity contribution < 1.29 is 38.2 Å². The molecule has 4 aliphatic heterocycles. The highest BCUT2D eigenvalue weighted by molar-refractivity contribution is 8.21. The van der Waals surface area contributed by atoms with Gasteiger partial charge >= 0.3 is 18.0 Å². The van der Waals surface area contributed by atoms with Gasteiger partial charge in [-0.3, -0.25) is 9.59 Å². The van der Waals surface area contributed by atoms with Crippen molar-refractivity contribution >= 4 is 89.3 Å². The van der Waals surface area contributed by atoms with Crippen LogP contribution in [0.4, 0.5) is 4.79 Å². The van der Waals surface area contributed by atoms with Gasteiger partial charge in [0.1, 0.15) is 23.7 Å². The van der Waals surface area contributed by atoms with Gasteiger partial charge in [0, 0.05) is 48.9 Å². The smallest absolute Gasteiger partial charge is 0.408 e. The Morgan fingerprint density at radius 2 is 1.09 bits per heavy atom. The molecule has 4 heterocycles. The molecule has 0 bridgehead atoms. The Morgan fingerprint density at radius 3 is 1.50 bits per heavy atom. The van der Waals surface area contributed by atoms with Crippen LogP contribution < -0.4 is 11.1 Å². The number of thioether (sulfide) groups is 4. The summed E-state index contributed by atoms with van der Waals surface area (Å²) in [4.78, 5) is 67.4. The van der Waals surface area contributed by atoms with Crippen molar-refractivity contribution in [3.63, 3.8) is 0 Å². The first-order valence-corrected chi connectivity index (χ1v) is 23.2. The van der Waals surface area contributed by atoms with Crippen LogP contribution in [0.15, 0.2) is 0 Å². The lowest BCUT2D eigenvalue weighted by molar-refractivity contribution is -0.152. The maximum absolute atomic E-state index is 13.7. The number of hydrogen-bond acceptors (Lipinski definition) is 13. The van der Waals surface area contributed by atoms with Crippen LogP contribution in [0, 0.1) is 11.8 Å². The molecular weight excluding hydrogens is 792 g/mol. The van der Waals surface area contributed by atoms with Gasteiger partial charge in [-0.15, -0.1) is 59.5 Å². The highest BCUT2D eigenvalue weighted by Gasteiger charge is 2.54. The number of hydrogen-bond donors (Lipinski definition) is 2. The standard InChI is InChI=1S/C21H34N2O5S2.C16H26N2O3S2.ClH/c1-20(2,3)28-19(26)22-16(14-8-6-5-7-9-14)17(24)23-13-21(29-10-11-30-21)12-15(23)18(25)27-4;1-21-15(20)12-9-16(22-7-8-23-16)10-18(12)14(19)13(17)11-5-3-2-4-6-11;/h14-16H,5-13H2,1-4H3,(H,22,26);11-13H,2-10,17H2,1H3;1H/t15-,16?;12-,13?;/m00./s1. The summed E-state index contributed by atoms with van der Waals surface area (Å²) >= 11 is 7.39. The molecule has 3 amide bonds. The third-order valence-corrected chi connectivity index (χ3v) is 18.1. The maximum Gasteiger partial charge on any atom is 0.408 e. The van der Waals surface area contributed by atoms with Crippen LogP contribution in [-0.2, 0) is 33.4 Å². The van der Waals surface area contributed by atoms with Gasteiger partial charge in [-0.1, -0.05) is 38.5 Å². The third-order valence-electron chi connectivity index (χ3n) is 11.2. The Balaban J connectivity index is 0.000000244. The lowest BCUT2D eigenvalue weighted by atomic mass is 9.83. The van der Waals surface area contributed by atoms with Crippen LogP contribution in [0.2, 0.25) is 0 Å². The molecule has 2 aliphatic carbocycles. The van der Waals surface area contributed by atoms with Crippen LogP contribution in [-0.4, -0.2) is 128 Å². The summed E-state index contributed by atoms with van der Waals surface area (Å²) in [5, 5.41) is 2.86. The number of ether oxygens (including phenoxy) is 3. The zero-order valence-corrected chi connectivity index (χ0v) is 36.6. The third kappa shape index (κ3) is 11.3. The second-order valence-electron chi connectivity index (χ2n) is 16.1. The van der Waals surface area contributed by atoms with E-state index in [0.717, 1.165) is 80.8 Å². The number of nitrogens with two attached hydrogens (primary N) is 1. The van der Waals surface area contributed by atoms with Crippen molar-refractivity contribution in [2.45, 2.75) is 136 Å². The van der Waals surface area contributed by atoms with Crippen LogP contribution in [0.1, 0.15) is 97.8 Å². The number of rotatable bonds is 7. The molecule has 0 aromatic heterocycles. The highest BCUT2D eigenvalue weighted by Crippen LogP contribution is 2.53. The largest absolute Gasteiger partial charge is 0.467 e. The first-order chi connectivity index (χ1) is 25.2. The number of nitrogens with zero attached hydrogens (tertiary/aromatic N) is 2. The van der Waals surface area contributed by atoms with E-state index in [2.05, 4.69) is 5.32 Å². The monoisotopic (exact) mass is 852 g/mol. The number of esters is 2. The van der Waals surface area contributed by atoms with Gasteiger partial charge < -0.3 is 35.1 Å². The van der Waals surface area contributed by atoms with Crippen molar-refractivity contribution in [1.82, 2.24) is 15.1 Å². The van der Waals surface area contributed by atoms with Gasteiger partial charge in [-0.05, 0) is 58.3 Å². The predicted molar refractivity (Wildman–Crippen MR) is 221 cm³/mol. The number of alkyl carbamates (subject to hydrolysis) is 1.